The normalized spacial score (nSPS) is 18.8. The number of anilines is 1. The summed E-state index contributed by atoms with van der Waals surface area (Å²) in [6.45, 7) is 43.5. The average molecular weight is 1850 g/mol. The SMILES string of the molecule is CC(c1ccccn1)N(CC1Cc2ccccc2CN1)C[C@H]1Cc2ccccc2CN1.CCCCCN(C[C@H]1Cc2ccccc2CN1)[C@H](C)c1ccccn1.CCCCCN(C[C@H]1Cc2ccccc2CN1)[C@H](C)c1ncccc1C.CCCCCN(Cc1ccccn1)C[C@H]1Cc2ccccc2CN1.CCCCCN(Cc1ncccc1C)C[C@H]1Cc2c(cccc2N2CCNCC2)CN1. The van der Waals surface area contributed by atoms with Gasteiger partial charge >= 0.3 is 0 Å². The van der Waals surface area contributed by atoms with Crippen LogP contribution in [0.15, 0.2) is 249 Å². The molecule has 0 amide bonds. The molecule has 0 radical (unpaired) electrons. The van der Waals surface area contributed by atoms with Gasteiger partial charge in [0.05, 0.1) is 28.5 Å². The minimum absolute atomic E-state index is 0.277. The predicted octanol–water partition coefficient (Wildman–Crippen LogP) is 20.2. The Kier molecular flexibility index (Phi) is 42.2. The van der Waals surface area contributed by atoms with Crippen LogP contribution < -0.4 is 42.1 Å². The third-order valence-electron chi connectivity index (χ3n) is 29.5. The summed E-state index contributed by atoms with van der Waals surface area (Å²) in [6.07, 6.45) is 31.5. The van der Waals surface area contributed by atoms with Gasteiger partial charge in [0.15, 0.2) is 0 Å². The van der Waals surface area contributed by atoms with E-state index in [1.165, 1.54) is 178 Å². The molecule has 7 aliphatic rings. The Morgan fingerprint density at radius 2 is 0.657 bits per heavy atom. The minimum Gasteiger partial charge on any atom is -0.369 e. The number of pyridine rings is 5. The Labute approximate surface area is 824 Å². The van der Waals surface area contributed by atoms with Crippen molar-refractivity contribution in [3.8, 4) is 0 Å². The fraction of sp³-hybridized carbons (Fsp3) is 0.487. The second-order valence-corrected chi connectivity index (χ2v) is 39.8. The van der Waals surface area contributed by atoms with Crippen LogP contribution in [-0.4, -0.2) is 177 Å². The lowest BCUT2D eigenvalue weighted by Crippen LogP contribution is -2.50. The van der Waals surface area contributed by atoms with E-state index in [-0.39, 0.29) is 6.04 Å². The van der Waals surface area contributed by atoms with Crippen molar-refractivity contribution in [3.05, 3.63) is 356 Å². The van der Waals surface area contributed by atoms with E-state index in [0.29, 0.717) is 48.3 Å². The monoisotopic (exact) mass is 1850 g/mol. The van der Waals surface area contributed by atoms with Gasteiger partial charge in [0.1, 0.15) is 0 Å². The summed E-state index contributed by atoms with van der Waals surface area (Å²) >= 11 is 0. The fourth-order valence-corrected chi connectivity index (χ4v) is 21.3. The molecule has 12 heterocycles. The second-order valence-electron chi connectivity index (χ2n) is 39.8. The first-order valence-corrected chi connectivity index (χ1v) is 52.8. The number of nitrogens with one attached hydrogen (secondary N) is 7. The molecule has 7 aliphatic heterocycles. The summed E-state index contributed by atoms with van der Waals surface area (Å²) in [5.74, 6) is 0. The van der Waals surface area contributed by atoms with E-state index < -0.39 is 0 Å². The van der Waals surface area contributed by atoms with Crippen molar-refractivity contribution >= 4 is 5.69 Å². The maximum atomic E-state index is 4.69. The number of hydrogen-bond acceptors (Lipinski definition) is 18. The van der Waals surface area contributed by atoms with E-state index in [0.717, 1.165) is 188 Å². The highest BCUT2D eigenvalue weighted by Gasteiger charge is 2.33. The van der Waals surface area contributed by atoms with Crippen LogP contribution in [0.2, 0.25) is 0 Å². The first-order chi connectivity index (χ1) is 67.3. The smallest absolute Gasteiger partial charge is 0.0601 e. The minimum atomic E-state index is 0.277. The number of piperazine rings is 1. The summed E-state index contributed by atoms with van der Waals surface area (Å²) in [4.78, 5) is 38.8. The van der Waals surface area contributed by atoms with Gasteiger partial charge in [-0.3, -0.25) is 49.4 Å². The average Bonchev–Trinajstić information content (AvgIpc) is 0.792. The summed E-state index contributed by atoms with van der Waals surface area (Å²) < 4.78 is 0. The lowest BCUT2D eigenvalue weighted by molar-refractivity contribution is 0.159. The summed E-state index contributed by atoms with van der Waals surface area (Å²) in [5.41, 5.74) is 27.8. The zero-order valence-electron chi connectivity index (χ0n) is 84.6. The molecule has 0 spiro atoms. The third-order valence-corrected chi connectivity index (χ3v) is 29.5. The predicted molar refractivity (Wildman–Crippen MR) is 569 cm³/mol. The molecule has 1 saturated heterocycles. The Morgan fingerprint density at radius 3 is 1.07 bits per heavy atom. The molecule has 18 heteroatoms. The van der Waals surface area contributed by atoms with Crippen LogP contribution in [0.1, 0.15) is 250 Å². The van der Waals surface area contributed by atoms with E-state index in [1.807, 2.05) is 61.3 Å². The second kappa shape index (κ2) is 56.0. The number of benzene rings is 6. The lowest BCUT2D eigenvalue weighted by atomic mass is 9.93. The highest BCUT2D eigenvalue weighted by molar-refractivity contribution is 5.58. The Balaban J connectivity index is 0.000000137. The Morgan fingerprint density at radius 1 is 0.307 bits per heavy atom. The number of aryl methyl sites for hydroxylation is 2. The fourth-order valence-electron chi connectivity index (χ4n) is 21.3. The lowest BCUT2D eigenvalue weighted by Gasteiger charge is -2.38. The van der Waals surface area contributed by atoms with Crippen molar-refractivity contribution in [2.24, 2.45) is 0 Å². The van der Waals surface area contributed by atoms with E-state index in [1.54, 1.807) is 5.56 Å². The van der Waals surface area contributed by atoms with Crippen molar-refractivity contribution < 1.29 is 0 Å². The molecule has 137 heavy (non-hydrogen) atoms. The first-order valence-electron chi connectivity index (χ1n) is 52.8. The van der Waals surface area contributed by atoms with Crippen LogP contribution in [0.3, 0.4) is 0 Å². The summed E-state index contributed by atoms with van der Waals surface area (Å²) in [5, 5.41) is 26.1. The van der Waals surface area contributed by atoms with Gasteiger partial charge in [-0.05, 0) is 257 Å². The maximum Gasteiger partial charge on any atom is 0.0601 e. The molecule has 18 nitrogen and oxygen atoms in total. The molecular formula is C119H164N18. The van der Waals surface area contributed by atoms with E-state index >= 15 is 0 Å². The number of nitrogens with zero attached hydrogens (tertiary/aromatic N) is 11. The molecule has 6 aromatic carbocycles. The molecule has 18 rings (SSSR count). The Bertz CT molecular complexity index is 5220. The number of fused-ring (bicyclic) bond motifs is 6. The molecule has 5 aromatic heterocycles. The molecule has 11 aromatic rings. The van der Waals surface area contributed by atoms with Crippen molar-refractivity contribution in [1.82, 2.24) is 86.6 Å². The van der Waals surface area contributed by atoms with Crippen molar-refractivity contribution in [1.29, 1.82) is 0 Å². The van der Waals surface area contributed by atoms with Gasteiger partial charge in [0.2, 0.25) is 0 Å². The number of hydrogen-bond donors (Lipinski definition) is 7. The third kappa shape index (κ3) is 32.0. The molecule has 9 atom stereocenters. The van der Waals surface area contributed by atoms with Crippen LogP contribution in [0.5, 0.6) is 0 Å². The topological polar surface area (TPSA) is 168 Å². The van der Waals surface area contributed by atoms with Crippen LogP contribution in [0.25, 0.3) is 0 Å². The zero-order chi connectivity index (χ0) is 95.0. The number of rotatable bonds is 39. The van der Waals surface area contributed by atoms with Gasteiger partial charge in [-0.1, -0.05) is 243 Å². The summed E-state index contributed by atoms with van der Waals surface area (Å²) in [7, 11) is 0. The molecule has 0 aliphatic carbocycles. The van der Waals surface area contributed by atoms with Gasteiger partial charge in [-0.25, -0.2) is 0 Å². The molecule has 0 saturated carbocycles. The number of aromatic nitrogens is 5. The largest absolute Gasteiger partial charge is 0.369 e. The van der Waals surface area contributed by atoms with Crippen LogP contribution in [0, 0.1) is 13.8 Å². The molecule has 0 bridgehead atoms. The van der Waals surface area contributed by atoms with Gasteiger partial charge in [-0.15, -0.1) is 0 Å². The summed E-state index contributed by atoms with van der Waals surface area (Å²) in [6, 6.07) is 82.2. The van der Waals surface area contributed by atoms with Crippen LogP contribution in [-0.2, 0) is 90.9 Å². The van der Waals surface area contributed by atoms with E-state index in [4.69, 9.17) is 4.98 Å². The molecule has 730 valence electrons. The van der Waals surface area contributed by atoms with Crippen LogP contribution >= 0.6 is 0 Å². The maximum absolute atomic E-state index is 4.69. The standard InChI is InChI=1S/C27H32N4.C26H39N5.C23H33N3.C22H31N3.C21H29N3/c1-20(27-12-6-7-13-28-27)31(18-25-14-21-8-2-4-10-23(21)16-29-25)19-26-15-22-9-3-5-11-24(22)17-30-26;1-3-4-5-14-30(20-25-21(2)8-7-11-28-25)19-23-17-24-22(18-29-23)9-6-10-26(24)31-15-12-27-13-16-31;1-4-5-8-14-26(19(3)23-18(2)10-9-13-24-23)17-22-15-20-11-6-7-12-21(20)16-25-22;1-3-4-9-14-25(18(2)22-12-7-8-13-23-22)17-21-15-19-10-5-6-11-20(19)16-24-21;1-2-3-8-13-24(16-20-11-6-7-12-22-20)17-21-14-18-9-4-5-10-19(18)15-23-21/h2-13,20,25-26,29-30H,14-19H2,1H3;6-11,23,27,29H,3-5,12-20H2,1-2H3;6-7,9-13,19,22,25H,4-5,8,14-17H2,1-3H3;5-8,10-13,18,21,24H,3-4,9,14-17H2,1-2H3;4-7,9-12,21,23H,2-3,8,13-17H2,1H3/t20?,25-,26?;23-;19-,22-;18-,21-;21-/m11111/s1. The molecule has 7 N–H and O–H groups in total. The number of unbranched alkanes of at least 4 members (excludes halogenated alkanes) is 8. The van der Waals surface area contributed by atoms with E-state index in [9.17, 15) is 0 Å². The quantitative estimate of drug-likeness (QED) is 0.0182. The highest BCUT2D eigenvalue weighted by atomic mass is 15.2. The van der Waals surface area contributed by atoms with Gasteiger partial charge in [0.25, 0.3) is 0 Å². The highest BCUT2D eigenvalue weighted by Crippen LogP contribution is 2.33. The van der Waals surface area contributed by atoms with Gasteiger partial charge < -0.3 is 42.1 Å². The van der Waals surface area contributed by atoms with Crippen molar-refractivity contribution in [3.63, 3.8) is 0 Å². The molecule has 2 unspecified atom stereocenters. The van der Waals surface area contributed by atoms with Gasteiger partial charge in [-0.2, -0.15) is 0 Å². The van der Waals surface area contributed by atoms with Crippen molar-refractivity contribution in [2.45, 2.75) is 285 Å². The van der Waals surface area contributed by atoms with Crippen molar-refractivity contribution in [2.75, 3.05) is 96.5 Å². The zero-order valence-corrected chi connectivity index (χ0v) is 84.6. The van der Waals surface area contributed by atoms with Gasteiger partial charge in [0, 0.05) is 209 Å². The molecular weight excluding hydrogens is 1680 g/mol. The molecule has 1 fully saturated rings. The Hall–Kier alpha value is -9.61. The van der Waals surface area contributed by atoms with Crippen LogP contribution in [0.4, 0.5) is 5.69 Å². The van der Waals surface area contributed by atoms with E-state index in [2.05, 4.69) is 337 Å². The first kappa shape index (κ1) is 103.